The van der Waals surface area contributed by atoms with Crippen molar-refractivity contribution in [2.45, 2.75) is 6.42 Å². The van der Waals surface area contributed by atoms with E-state index in [2.05, 4.69) is 10.7 Å². The van der Waals surface area contributed by atoms with Gasteiger partial charge in [-0.1, -0.05) is 12.0 Å². The molecule has 0 aliphatic rings. The van der Waals surface area contributed by atoms with E-state index in [0.717, 1.165) is 0 Å². The summed E-state index contributed by atoms with van der Waals surface area (Å²) >= 11 is 0. The summed E-state index contributed by atoms with van der Waals surface area (Å²) in [4.78, 5) is 10.5. The zero-order valence-corrected chi connectivity index (χ0v) is 7.08. The van der Waals surface area contributed by atoms with E-state index in [-0.39, 0.29) is 5.97 Å². The summed E-state index contributed by atoms with van der Waals surface area (Å²) < 4.78 is 9.34. The van der Waals surface area contributed by atoms with Crippen LogP contribution in [-0.2, 0) is 14.3 Å². The van der Waals surface area contributed by atoms with Crippen molar-refractivity contribution < 1.29 is 14.3 Å². The van der Waals surface area contributed by atoms with E-state index in [4.69, 9.17) is 11.2 Å². The van der Waals surface area contributed by atoms with Crippen molar-refractivity contribution in [3.8, 4) is 12.3 Å². The molecular weight excluding hydrogens is 156 g/mol. The highest BCUT2D eigenvalue weighted by molar-refractivity contribution is 5.81. The van der Waals surface area contributed by atoms with Gasteiger partial charge in [0, 0.05) is 6.08 Å². The van der Waals surface area contributed by atoms with Crippen LogP contribution in [0.2, 0.25) is 0 Å². The summed E-state index contributed by atoms with van der Waals surface area (Å²) in [6, 6.07) is 0. The summed E-state index contributed by atoms with van der Waals surface area (Å²) in [5, 5.41) is 0. The van der Waals surface area contributed by atoms with Crippen LogP contribution in [0, 0.1) is 12.3 Å². The minimum Gasteiger partial charge on any atom is -0.466 e. The smallest absolute Gasteiger partial charge is 0.330 e. The Morgan fingerprint density at radius 1 is 1.67 bits per heavy atom. The van der Waals surface area contributed by atoms with E-state index < -0.39 is 0 Å². The second kappa shape index (κ2) is 7.83. The average molecular weight is 168 g/mol. The second-order valence-corrected chi connectivity index (χ2v) is 1.97. The number of hydrogen-bond acceptors (Lipinski definition) is 3. The number of carbonyl (C=O) groups excluding carboxylic acids is 1. The number of terminal acetylenes is 1. The third-order valence-corrected chi connectivity index (χ3v) is 1.07. The molecule has 0 aliphatic heterocycles. The monoisotopic (exact) mass is 168 g/mol. The van der Waals surface area contributed by atoms with Crippen molar-refractivity contribution in [3.63, 3.8) is 0 Å². The Kier molecular flexibility index (Phi) is 7.00. The van der Waals surface area contributed by atoms with Gasteiger partial charge in [-0.25, -0.2) is 4.79 Å². The van der Waals surface area contributed by atoms with Gasteiger partial charge in [0.05, 0.1) is 13.7 Å². The van der Waals surface area contributed by atoms with E-state index in [9.17, 15) is 4.79 Å². The van der Waals surface area contributed by atoms with Gasteiger partial charge < -0.3 is 9.47 Å². The van der Waals surface area contributed by atoms with Crippen LogP contribution in [0.15, 0.2) is 12.2 Å². The topological polar surface area (TPSA) is 35.5 Å². The van der Waals surface area contributed by atoms with Crippen LogP contribution in [0.25, 0.3) is 0 Å². The third-order valence-electron chi connectivity index (χ3n) is 1.07. The molecular formula is C9H12O3. The van der Waals surface area contributed by atoms with Crippen molar-refractivity contribution in [2.75, 3.05) is 20.3 Å². The van der Waals surface area contributed by atoms with Gasteiger partial charge in [0.1, 0.15) is 6.61 Å². The summed E-state index contributed by atoms with van der Waals surface area (Å²) in [5.74, 6) is 1.99. The first-order valence-corrected chi connectivity index (χ1v) is 3.57. The molecule has 3 nitrogen and oxygen atoms in total. The van der Waals surface area contributed by atoms with Gasteiger partial charge in [0.25, 0.3) is 0 Å². The molecule has 0 saturated carbocycles. The number of ether oxygens (including phenoxy) is 2. The molecule has 66 valence electrons. The highest BCUT2D eigenvalue weighted by Gasteiger charge is 1.88. The quantitative estimate of drug-likeness (QED) is 0.263. The van der Waals surface area contributed by atoms with Gasteiger partial charge in [-0.15, -0.1) is 6.42 Å². The van der Waals surface area contributed by atoms with E-state index in [0.29, 0.717) is 19.6 Å². The van der Waals surface area contributed by atoms with Gasteiger partial charge in [-0.3, -0.25) is 0 Å². The minimum atomic E-state index is -0.355. The molecule has 0 aliphatic carbocycles. The second-order valence-electron chi connectivity index (χ2n) is 1.97. The standard InChI is InChI=1S/C9H12O3/c1-3-7-12-8-5-4-6-9(10)11-2/h1,4,6H,5,7-8H2,2H3/b6-4+. The molecule has 0 saturated heterocycles. The van der Waals surface area contributed by atoms with Crippen LogP contribution >= 0.6 is 0 Å². The molecule has 0 aromatic carbocycles. The van der Waals surface area contributed by atoms with Crippen molar-refractivity contribution in [2.24, 2.45) is 0 Å². The highest BCUT2D eigenvalue weighted by atomic mass is 16.5. The van der Waals surface area contributed by atoms with E-state index in [1.54, 1.807) is 6.08 Å². The SMILES string of the molecule is C#CCOCC/C=C/C(=O)OC. The van der Waals surface area contributed by atoms with Gasteiger partial charge in [0.2, 0.25) is 0 Å². The molecule has 0 amide bonds. The summed E-state index contributed by atoms with van der Waals surface area (Å²) in [5.41, 5.74) is 0. The Labute approximate surface area is 72.4 Å². The molecule has 0 N–H and O–H groups in total. The van der Waals surface area contributed by atoms with Crippen LogP contribution in [0.4, 0.5) is 0 Å². The molecule has 0 atom stereocenters. The molecule has 0 aromatic heterocycles. The summed E-state index contributed by atoms with van der Waals surface area (Å²) in [7, 11) is 1.33. The summed E-state index contributed by atoms with van der Waals surface area (Å²) in [6.45, 7) is 0.837. The van der Waals surface area contributed by atoms with Gasteiger partial charge >= 0.3 is 5.97 Å². The fourth-order valence-corrected chi connectivity index (χ4v) is 0.530. The van der Waals surface area contributed by atoms with Gasteiger partial charge in [0.15, 0.2) is 0 Å². The van der Waals surface area contributed by atoms with Crippen molar-refractivity contribution in [1.82, 2.24) is 0 Å². The first kappa shape index (κ1) is 10.7. The first-order chi connectivity index (χ1) is 5.81. The van der Waals surface area contributed by atoms with Crippen LogP contribution in [0.1, 0.15) is 6.42 Å². The maximum absolute atomic E-state index is 10.5. The Morgan fingerprint density at radius 3 is 3.00 bits per heavy atom. The van der Waals surface area contributed by atoms with Crippen LogP contribution in [0.3, 0.4) is 0 Å². The van der Waals surface area contributed by atoms with Crippen molar-refractivity contribution in [1.29, 1.82) is 0 Å². The molecule has 0 rings (SSSR count). The van der Waals surface area contributed by atoms with Crippen molar-refractivity contribution in [3.05, 3.63) is 12.2 Å². The predicted molar refractivity (Wildman–Crippen MR) is 45.4 cm³/mol. The first-order valence-electron chi connectivity index (χ1n) is 3.57. The maximum Gasteiger partial charge on any atom is 0.330 e. The lowest BCUT2D eigenvalue weighted by Gasteiger charge is -1.94. The molecule has 0 heterocycles. The normalized spacial score (nSPS) is 9.67. The van der Waals surface area contributed by atoms with Crippen molar-refractivity contribution >= 4 is 5.97 Å². The predicted octanol–water partition coefficient (Wildman–Crippen LogP) is 0.755. The zero-order valence-electron chi connectivity index (χ0n) is 7.08. The molecule has 0 fully saturated rings. The highest BCUT2D eigenvalue weighted by Crippen LogP contribution is 1.86. The largest absolute Gasteiger partial charge is 0.466 e. The van der Waals surface area contributed by atoms with E-state index in [1.165, 1.54) is 13.2 Å². The maximum atomic E-state index is 10.5. The lowest BCUT2D eigenvalue weighted by atomic mass is 10.4. The number of rotatable bonds is 5. The Bertz CT molecular complexity index is 188. The average Bonchev–Trinajstić information content (AvgIpc) is 2.10. The number of hydrogen-bond donors (Lipinski definition) is 0. The molecule has 3 heteroatoms. The molecule has 0 bridgehead atoms. The molecule has 0 radical (unpaired) electrons. The van der Waals surface area contributed by atoms with Gasteiger partial charge in [-0.05, 0) is 6.42 Å². The zero-order chi connectivity index (χ0) is 9.23. The third kappa shape index (κ3) is 6.84. The van der Waals surface area contributed by atoms with Crippen LogP contribution in [0.5, 0.6) is 0 Å². The Morgan fingerprint density at radius 2 is 2.42 bits per heavy atom. The van der Waals surface area contributed by atoms with Crippen LogP contribution < -0.4 is 0 Å². The lowest BCUT2D eigenvalue weighted by Crippen LogP contribution is -1.95. The van der Waals surface area contributed by atoms with Crippen LogP contribution in [-0.4, -0.2) is 26.3 Å². The minimum absolute atomic E-state index is 0.312. The van der Waals surface area contributed by atoms with Gasteiger partial charge in [-0.2, -0.15) is 0 Å². The number of esters is 1. The van der Waals surface area contributed by atoms with E-state index in [1.807, 2.05) is 0 Å². The fraction of sp³-hybridized carbons (Fsp3) is 0.444. The van der Waals surface area contributed by atoms with E-state index >= 15 is 0 Å². The molecule has 0 aromatic rings. The Hall–Kier alpha value is -1.27. The number of methoxy groups -OCH3 is 1. The Balaban J connectivity index is 3.25. The lowest BCUT2D eigenvalue weighted by molar-refractivity contribution is -0.134. The molecule has 0 unspecified atom stereocenters. The molecule has 12 heavy (non-hydrogen) atoms. The summed E-state index contributed by atoms with van der Waals surface area (Å²) in [6.07, 6.45) is 8.65. The number of carbonyl (C=O) groups is 1. The molecule has 0 spiro atoms. The fourth-order valence-electron chi connectivity index (χ4n) is 0.530.